The van der Waals surface area contributed by atoms with Gasteiger partial charge in [0, 0.05) is 14.2 Å². The van der Waals surface area contributed by atoms with Crippen LogP contribution in [0.1, 0.15) is 43.5 Å². The maximum atomic E-state index is 7.00. The van der Waals surface area contributed by atoms with Crippen LogP contribution in [0.3, 0.4) is 0 Å². The molecular formula is C41H44HfO2Si. The van der Waals surface area contributed by atoms with E-state index < -0.39 is 17.1 Å². The van der Waals surface area contributed by atoms with Crippen molar-refractivity contribution in [2.45, 2.75) is 25.9 Å². The third-order valence-corrected chi connectivity index (χ3v) is 44.1. The summed E-state index contributed by atoms with van der Waals surface area (Å²) in [6.45, 7) is 7.26. The van der Waals surface area contributed by atoms with Crippen molar-refractivity contribution in [2.24, 2.45) is 0 Å². The molecule has 4 heteroatoms. The van der Waals surface area contributed by atoms with Crippen molar-refractivity contribution in [3.63, 3.8) is 0 Å². The molecule has 2 aliphatic rings. The van der Waals surface area contributed by atoms with Crippen LogP contribution in [0.2, 0.25) is 4.68 Å². The van der Waals surface area contributed by atoms with Crippen LogP contribution >= 0.6 is 0 Å². The van der Waals surface area contributed by atoms with Gasteiger partial charge in [-0.1, -0.05) is 0 Å². The first-order valence-corrected chi connectivity index (χ1v) is 33.5. The monoisotopic (exact) mass is 776 g/mol. The number of fused-ring (bicyclic) bond motifs is 2. The molecule has 45 heavy (non-hydrogen) atoms. The zero-order chi connectivity index (χ0) is 32.2. The molecule has 2 nitrogen and oxygen atoms in total. The summed E-state index contributed by atoms with van der Waals surface area (Å²) < 4.78 is 5.25. The Balaban J connectivity index is 0.000000963. The van der Waals surface area contributed by atoms with Crippen molar-refractivity contribution in [1.82, 2.24) is 0 Å². The van der Waals surface area contributed by atoms with Crippen LogP contribution in [-0.4, -0.2) is 31.4 Å². The largest absolute Gasteiger partial charge is 0.400 e. The van der Waals surface area contributed by atoms with E-state index >= 15 is 0 Å². The Hall–Kier alpha value is -3.41. The number of rotatable bonds is 5. The molecular weight excluding hydrogens is 731 g/mol. The number of aliphatic hydroxyl groups is 2. The van der Waals surface area contributed by atoms with Gasteiger partial charge in [-0.15, -0.1) is 0 Å². The molecule has 0 amide bonds. The van der Waals surface area contributed by atoms with Crippen LogP contribution in [0.5, 0.6) is 0 Å². The number of hydrogen-bond acceptors (Lipinski definition) is 2. The molecule has 0 saturated carbocycles. The fourth-order valence-electron chi connectivity index (χ4n) is 8.39. The van der Waals surface area contributed by atoms with Crippen molar-refractivity contribution in [1.29, 1.82) is 0 Å². The first-order chi connectivity index (χ1) is 21.9. The summed E-state index contributed by atoms with van der Waals surface area (Å²) in [7, 11) is 2.00. The van der Waals surface area contributed by atoms with Crippen molar-refractivity contribution < 1.29 is 27.3 Å². The van der Waals surface area contributed by atoms with Crippen molar-refractivity contribution >= 4 is 22.4 Å². The Morgan fingerprint density at radius 3 is 1.22 bits per heavy atom. The molecule has 2 N–H and O–H groups in total. The minimum absolute atomic E-state index is 0.436. The molecule has 228 valence electrons. The average Bonchev–Trinajstić information content (AvgIpc) is 3.64. The van der Waals surface area contributed by atoms with Gasteiger partial charge in [0.2, 0.25) is 0 Å². The fraction of sp³-hybridized carbons (Fsp3) is 0.171. The van der Waals surface area contributed by atoms with E-state index in [4.69, 9.17) is 10.2 Å². The number of benzene rings is 5. The fourth-order valence-corrected chi connectivity index (χ4v) is 44.6. The summed E-state index contributed by atoms with van der Waals surface area (Å²) in [5.74, 6) is 0. The second kappa shape index (κ2) is 13.5. The van der Waals surface area contributed by atoms with E-state index in [0.717, 1.165) is 14.2 Å². The normalized spacial score (nSPS) is 16.6. The summed E-state index contributed by atoms with van der Waals surface area (Å²) in [5, 5.41) is 14.0. The Bertz CT molecular complexity index is 1810. The SMILES string of the molecule is CC1=Cc2c(-c3ccccc3)cccc2[CH]1[Hf]([CH3])(=[SiH2])([c]1ccccc1)[CH]1C(C)=Cc2c(-c3ccccc3)cccc21.CO.CO. The molecule has 0 spiro atoms. The first-order valence-electron chi connectivity index (χ1n) is 15.6. The summed E-state index contributed by atoms with van der Waals surface area (Å²) in [5.41, 5.74) is 14.3. The molecule has 0 saturated heterocycles. The Kier molecular flexibility index (Phi) is 9.90. The first kappa shape index (κ1) is 33.0. The second-order valence-corrected chi connectivity index (χ2v) is 50.1. The second-order valence-electron chi connectivity index (χ2n) is 12.6. The predicted octanol–water partition coefficient (Wildman–Crippen LogP) is 8.47. The molecule has 0 heterocycles. The summed E-state index contributed by atoms with van der Waals surface area (Å²) in [4.78, 5) is 0. The van der Waals surface area contributed by atoms with Crippen molar-refractivity contribution in [3.8, 4) is 22.3 Å². The number of aliphatic hydroxyl groups excluding tert-OH is 2. The van der Waals surface area contributed by atoms with Gasteiger partial charge in [-0.3, -0.25) is 0 Å². The van der Waals surface area contributed by atoms with Gasteiger partial charge in [-0.05, 0) is 0 Å². The third kappa shape index (κ3) is 5.52. The molecule has 5 aromatic carbocycles. The Labute approximate surface area is 271 Å². The molecule has 2 atom stereocenters. The van der Waals surface area contributed by atoms with Crippen molar-refractivity contribution in [3.05, 3.63) is 161 Å². The topological polar surface area (TPSA) is 40.5 Å². The van der Waals surface area contributed by atoms with E-state index in [1.54, 1.807) is 3.32 Å². The molecule has 0 aliphatic heterocycles. The van der Waals surface area contributed by atoms with Gasteiger partial charge >= 0.3 is 248 Å². The molecule has 2 unspecified atom stereocenters. The smallest absolute Gasteiger partial charge is 0.0319 e. The van der Waals surface area contributed by atoms with Crippen LogP contribution in [0.15, 0.2) is 139 Å². The zero-order valence-electron chi connectivity index (χ0n) is 27.0. The van der Waals surface area contributed by atoms with Crippen LogP contribution in [-0.2, 0) is 17.1 Å². The van der Waals surface area contributed by atoms with Gasteiger partial charge in [0.1, 0.15) is 0 Å². The van der Waals surface area contributed by atoms with E-state index in [9.17, 15) is 0 Å². The summed E-state index contributed by atoms with van der Waals surface area (Å²) in [6.07, 6.45) is 5.04. The molecule has 0 radical (unpaired) electrons. The van der Waals surface area contributed by atoms with Crippen LogP contribution in [0.25, 0.3) is 34.4 Å². The maximum absolute atomic E-state index is 7.00. The third-order valence-electron chi connectivity index (χ3n) is 9.93. The van der Waals surface area contributed by atoms with E-state index in [1.807, 2.05) is 0 Å². The van der Waals surface area contributed by atoms with Gasteiger partial charge in [0.15, 0.2) is 0 Å². The van der Waals surface area contributed by atoms with Gasteiger partial charge in [0.25, 0.3) is 0 Å². The van der Waals surface area contributed by atoms with Crippen LogP contribution in [0, 0.1) is 0 Å². The minimum atomic E-state index is -4.20. The van der Waals surface area contributed by atoms with E-state index in [0.29, 0.717) is 7.35 Å². The van der Waals surface area contributed by atoms with Gasteiger partial charge < -0.3 is 10.2 Å². The standard InChI is InChI=1S/2C16H13.C6H5.2CH4O.CH3.Hf.H2Si/c2*1-12-10-14-8-5-9-15(16(14)11-12)13-6-3-2-4-7-13;1-2-4-6-5-3-1;2*1-2;;;/h2*2-11H,1H3;1-5H;2*2H,1H3;1H3;;1H2. The van der Waals surface area contributed by atoms with E-state index in [1.165, 1.54) is 55.7 Å². The average molecular weight is 775 g/mol. The summed E-state index contributed by atoms with van der Waals surface area (Å²) >= 11 is -4.20. The van der Waals surface area contributed by atoms with Crippen LogP contribution in [0.4, 0.5) is 0 Å². The van der Waals surface area contributed by atoms with Gasteiger partial charge in [-0.25, -0.2) is 0 Å². The van der Waals surface area contributed by atoms with E-state index in [-0.39, 0.29) is 0 Å². The predicted molar refractivity (Wildman–Crippen MR) is 193 cm³/mol. The Morgan fingerprint density at radius 2 is 0.844 bits per heavy atom. The van der Waals surface area contributed by atoms with Crippen molar-refractivity contribution in [2.75, 3.05) is 14.2 Å². The molecule has 0 bridgehead atoms. The maximum Gasteiger partial charge on any atom is 0.0319 e. The van der Waals surface area contributed by atoms with E-state index in [2.05, 4.69) is 165 Å². The van der Waals surface area contributed by atoms with Gasteiger partial charge in [0.05, 0.1) is 0 Å². The van der Waals surface area contributed by atoms with Crippen LogP contribution < -0.4 is 3.32 Å². The quantitative estimate of drug-likeness (QED) is 0.176. The number of allylic oxidation sites excluding steroid dienone is 2. The molecule has 7 rings (SSSR count). The zero-order valence-corrected chi connectivity index (χ0v) is 32.0. The molecule has 0 aromatic heterocycles. The molecule has 2 aliphatic carbocycles. The molecule has 0 fully saturated rings. The number of hydrogen-bond donors (Lipinski definition) is 2. The molecule has 5 aromatic rings. The minimum Gasteiger partial charge on any atom is -0.400 e. The summed E-state index contributed by atoms with van der Waals surface area (Å²) in [6, 6.07) is 47.6. The Morgan fingerprint density at radius 1 is 0.489 bits per heavy atom. The van der Waals surface area contributed by atoms with Gasteiger partial charge in [-0.2, -0.15) is 0 Å².